The lowest BCUT2D eigenvalue weighted by Crippen LogP contribution is -2.40. The molecule has 1 amide bonds. The monoisotopic (exact) mass is 537 g/mol. The molecule has 2 N–H and O–H groups in total. The minimum atomic E-state index is -4.35. The number of hydrogen-bond donors (Lipinski definition) is 2. The number of rotatable bonds is 7. The van der Waals surface area contributed by atoms with Gasteiger partial charge in [-0.1, -0.05) is 17.4 Å². The second-order valence-electron chi connectivity index (χ2n) is 10.4. The normalized spacial score (nSPS) is 26.2. The van der Waals surface area contributed by atoms with Crippen molar-refractivity contribution < 1.29 is 22.7 Å². The van der Waals surface area contributed by atoms with Crippen LogP contribution >= 0.6 is 11.3 Å². The molecule has 0 spiro atoms. The fraction of sp³-hybridized carbons (Fsp3) is 0.615. The van der Waals surface area contributed by atoms with Gasteiger partial charge in [-0.15, -0.1) is 0 Å². The minimum Gasteiger partial charge on any atom is -0.460 e. The quantitative estimate of drug-likeness (QED) is 0.552. The van der Waals surface area contributed by atoms with Crippen molar-refractivity contribution in [2.45, 2.75) is 63.2 Å². The number of thiazole rings is 1. The first-order valence-electron chi connectivity index (χ1n) is 13.0. The third-order valence-corrected chi connectivity index (χ3v) is 8.65. The molecule has 4 aliphatic rings. The molecule has 1 aromatic heterocycles. The molecule has 2 aliphatic carbocycles. The molecule has 1 unspecified atom stereocenters. The molecule has 7 nitrogen and oxygen atoms in total. The van der Waals surface area contributed by atoms with Crippen LogP contribution in [0.4, 0.5) is 13.2 Å². The lowest BCUT2D eigenvalue weighted by Gasteiger charge is -2.31. The van der Waals surface area contributed by atoms with Gasteiger partial charge in [0.2, 0.25) is 0 Å². The highest BCUT2D eigenvalue weighted by Gasteiger charge is 2.30. The molecule has 11 heteroatoms. The van der Waals surface area contributed by atoms with Crippen molar-refractivity contribution in [2.75, 3.05) is 33.3 Å². The average Bonchev–Trinajstić information content (AvgIpc) is 3.38. The lowest BCUT2D eigenvalue weighted by atomic mass is 9.84. The number of nitrogens with one attached hydrogen (secondary N) is 2. The zero-order chi connectivity index (χ0) is 26.0. The summed E-state index contributed by atoms with van der Waals surface area (Å²) >= 11 is 1.25. The van der Waals surface area contributed by atoms with E-state index in [1.807, 2.05) is 36.5 Å². The Bertz CT molecular complexity index is 1050. The first kappa shape index (κ1) is 26.2. The summed E-state index contributed by atoms with van der Waals surface area (Å²) in [5.41, 5.74) is 6.06. The van der Waals surface area contributed by atoms with Gasteiger partial charge < -0.3 is 20.0 Å². The van der Waals surface area contributed by atoms with E-state index in [-0.39, 0.29) is 23.2 Å². The van der Waals surface area contributed by atoms with Crippen LogP contribution in [0.2, 0.25) is 0 Å². The van der Waals surface area contributed by atoms with E-state index < -0.39 is 12.8 Å². The maximum Gasteiger partial charge on any atom is 0.422 e. The Labute approximate surface area is 219 Å². The van der Waals surface area contributed by atoms with Gasteiger partial charge in [-0.25, -0.2) is 10.4 Å². The first-order valence-corrected chi connectivity index (χ1v) is 13.9. The number of nitrogens with zero attached hydrogens (tertiary/aromatic N) is 3. The fourth-order valence-electron chi connectivity index (χ4n) is 5.53. The molecule has 1 saturated carbocycles. The van der Waals surface area contributed by atoms with Crippen LogP contribution in [0.15, 0.2) is 35.6 Å². The number of carbonyl (C=O) groups is 1. The smallest absolute Gasteiger partial charge is 0.422 e. The number of alkyl halides is 3. The van der Waals surface area contributed by atoms with E-state index in [1.54, 1.807) is 0 Å². The summed E-state index contributed by atoms with van der Waals surface area (Å²) in [5, 5.41) is 5.27. The number of amides is 1. The standard InChI is InChI=1S/C26H34F3N5O2S/c1-33-15-19-5-4-18(14-22(19)32-33)24(35)30-20-6-2-17(3-7-20)8-11-34-12-9-21-23(10-13-34)37-25(31-21)36-16-26(27,28)29/h4-5,14-15,17,20,22,32H,2-3,6-13,16H2,1H3,(H,30,35). The molecule has 0 radical (unpaired) electrons. The molecule has 0 bridgehead atoms. The molecule has 5 rings (SSSR count). The largest absolute Gasteiger partial charge is 0.460 e. The van der Waals surface area contributed by atoms with Gasteiger partial charge >= 0.3 is 6.18 Å². The molecular weight excluding hydrogens is 503 g/mol. The average molecular weight is 538 g/mol. The maximum absolute atomic E-state index is 12.8. The van der Waals surface area contributed by atoms with Gasteiger partial charge in [-0.2, -0.15) is 13.2 Å². The fourth-order valence-corrected chi connectivity index (χ4v) is 6.48. The highest BCUT2D eigenvalue weighted by atomic mass is 32.1. The Kier molecular flexibility index (Phi) is 7.92. The summed E-state index contributed by atoms with van der Waals surface area (Å²) in [6, 6.07) is 0.292. The van der Waals surface area contributed by atoms with Crippen LogP contribution in [-0.2, 0) is 17.6 Å². The predicted molar refractivity (Wildman–Crippen MR) is 136 cm³/mol. The third kappa shape index (κ3) is 6.94. The molecule has 37 heavy (non-hydrogen) atoms. The molecule has 202 valence electrons. The van der Waals surface area contributed by atoms with E-state index in [2.05, 4.69) is 20.6 Å². The molecule has 0 saturated heterocycles. The number of ether oxygens (including phenoxy) is 1. The Hall–Kier alpha value is -2.37. The maximum atomic E-state index is 12.8. The van der Waals surface area contributed by atoms with Gasteiger partial charge in [0, 0.05) is 49.3 Å². The van der Waals surface area contributed by atoms with Crippen LogP contribution in [0.3, 0.4) is 0 Å². The Morgan fingerprint density at radius 1 is 1.22 bits per heavy atom. The van der Waals surface area contributed by atoms with Crippen LogP contribution < -0.4 is 15.5 Å². The summed E-state index contributed by atoms with van der Waals surface area (Å²) in [7, 11) is 1.95. The third-order valence-electron chi connectivity index (χ3n) is 7.58. The molecule has 0 aromatic carbocycles. The first-order chi connectivity index (χ1) is 17.7. The van der Waals surface area contributed by atoms with E-state index in [1.165, 1.54) is 11.3 Å². The summed E-state index contributed by atoms with van der Waals surface area (Å²) in [4.78, 5) is 20.6. The van der Waals surface area contributed by atoms with Gasteiger partial charge in [0.25, 0.3) is 11.1 Å². The van der Waals surface area contributed by atoms with Crippen molar-refractivity contribution in [3.05, 3.63) is 46.1 Å². The van der Waals surface area contributed by atoms with Gasteiger partial charge in [0.1, 0.15) is 0 Å². The zero-order valence-electron chi connectivity index (χ0n) is 21.0. The van der Waals surface area contributed by atoms with Crippen LogP contribution in [0.25, 0.3) is 0 Å². The molecule has 1 aromatic rings. The number of aromatic nitrogens is 1. The van der Waals surface area contributed by atoms with Gasteiger partial charge in [-0.3, -0.25) is 4.79 Å². The van der Waals surface area contributed by atoms with Crippen molar-refractivity contribution in [3.8, 4) is 5.19 Å². The van der Waals surface area contributed by atoms with Gasteiger partial charge in [-0.05, 0) is 68.7 Å². The topological polar surface area (TPSA) is 69.7 Å². The molecule has 2 aliphatic heterocycles. The van der Waals surface area contributed by atoms with Crippen molar-refractivity contribution >= 4 is 17.2 Å². The second kappa shape index (κ2) is 11.2. The summed E-state index contributed by atoms with van der Waals surface area (Å²) in [5.74, 6) is 0.665. The predicted octanol–water partition coefficient (Wildman–Crippen LogP) is 3.75. The number of halogens is 3. The number of hydrogen-bond acceptors (Lipinski definition) is 7. The van der Waals surface area contributed by atoms with Crippen molar-refractivity contribution in [2.24, 2.45) is 5.92 Å². The molecule has 1 fully saturated rings. The molecule has 1 atom stereocenters. The lowest BCUT2D eigenvalue weighted by molar-refractivity contribution is -0.153. The van der Waals surface area contributed by atoms with E-state index in [0.717, 1.165) is 86.3 Å². The van der Waals surface area contributed by atoms with E-state index in [0.29, 0.717) is 5.92 Å². The number of hydrazine groups is 1. The van der Waals surface area contributed by atoms with Gasteiger partial charge in [0.15, 0.2) is 6.61 Å². The van der Waals surface area contributed by atoms with E-state index >= 15 is 0 Å². The Morgan fingerprint density at radius 2 is 2.00 bits per heavy atom. The van der Waals surface area contributed by atoms with E-state index in [9.17, 15) is 18.0 Å². The van der Waals surface area contributed by atoms with Crippen LogP contribution in [0.5, 0.6) is 5.19 Å². The van der Waals surface area contributed by atoms with Crippen LogP contribution in [-0.4, -0.2) is 72.3 Å². The molecule has 3 heterocycles. The summed E-state index contributed by atoms with van der Waals surface area (Å²) in [6.07, 6.45) is 10.5. The van der Waals surface area contributed by atoms with Crippen molar-refractivity contribution in [1.82, 2.24) is 25.6 Å². The van der Waals surface area contributed by atoms with Crippen molar-refractivity contribution in [3.63, 3.8) is 0 Å². The highest BCUT2D eigenvalue weighted by Crippen LogP contribution is 2.31. The van der Waals surface area contributed by atoms with Crippen molar-refractivity contribution in [1.29, 1.82) is 0 Å². The van der Waals surface area contributed by atoms with Crippen LogP contribution in [0.1, 0.15) is 42.7 Å². The van der Waals surface area contributed by atoms with Gasteiger partial charge in [0.05, 0.1) is 11.7 Å². The summed E-state index contributed by atoms with van der Waals surface area (Å²) in [6.45, 7) is 1.49. The Morgan fingerprint density at radius 3 is 2.78 bits per heavy atom. The van der Waals surface area contributed by atoms with E-state index in [4.69, 9.17) is 4.74 Å². The highest BCUT2D eigenvalue weighted by molar-refractivity contribution is 7.13. The number of carbonyl (C=O) groups excluding carboxylic acids is 1. The number of fused-ring (bicyclic) bond motifs is 2. The van der Waals surface area contributed by atoms with Crippen LogP contribution in [0, 0.1) is 5.92 Å². The minimum absolute atomic E-state index is 0.00714. The second-order valence-corrected chi connectivity index (χ2v) is 11.4. The Balaban J connectivity index is 1.01. The molecular formula is C26H34F3N5O2S. The summed E-state index contributed by atoms with van der Waals surface area (Å²) < 4.78 is 42.0. The SMILES string of the molecule is CN1C=C2C=CC(C(=O)NC3CCC(CCN4CCc5nc(OCC(F)(F)F)sc5CC4)CC3)=CC2N1. The zero-order valence-corrected chi connectivity index (χ0v) is 21.8.